The van der Waals surface area contributed by atoms with Gasteiger partial charge in [-0.15, -0.1) is 0 Å². The number of hydrogen-bond donors (Lipinski definition) is 1. The monoisotopic (exact) mass is 548 g/mol. The maximum absolute atomic E-state index is 12.1. The van der Waals surface area contributed by atoms with E-state index in [0.29, 0.717) is 25.9 Å². The maximum atomic E-state index is 12.1. The Labute approximate surface area is 226 Å². The van der Waals surface area contributed by atoms with Crippen LogP contribution in [0.1, 0.15) is 88.0 Å². The van der Waals surface area contributed by atoms with Gasteiger partial charge in [0.15, 0.2) is 0 Å². The molecule has 1 aliphatic heterocycles. The van der Waals surface area contributed by atoms with Gasteiger partial charge in [-0.25, -0.2) is 4.79 Å². The van der Waals surface area contributed by atoms with Gasteiger partial charge in [0.2, 0.25) is 6.10 Å². The smallest absolute Gasteiger partial charge is 0.347 e. The fourth-order valence-electron chi connectivity index (χ4n) is 2.66. The van der Waals surface area contributed by atoms with Crippen molar-refractivity contribution in [3.05, 3.63) is 0 Å². The first-order valence-electron chi connectivity index (χ1n) is 12.9. The summed E-state index contributed by atoms with van der Waals surface area (Å²) >= 11 is 0. The van der Waals surface area contributed by atoms with Gasteiger partial charge in [-0.3, -0.25) is 14.4 Å². The highest BCUT2D eigenvalue weighted by Gasteiger charge is 2.37. The minimum atomic E-state index is -1.68. The highest BCUT2D eigenvalue weighted by Crippen LogP contribution is 2.25. The zero-order valence-corrected chi connectivity index (χ0v) is 24.8. The predicted octanol–water partition coefficient (Wildman–Crippen LogP) is 3.33. The number of carbonyl (C=O) groups is 4. The second-order valence-electron chi connectivity index (χ2n) is 11.6. The lowest BCUT2D eigenvalue weighted by Gasteiger charge is -2.30. The Kier molecular flexibility index (Phi) is 14.5. The van der Waals surface area contributed by atoms with Crippen molar-refractivity contribution >= 4 is 23.9 Å². The van der Waals surface area contributed by atoms with Gasteiger partial charge in [0.25, 0.3) is 0 Å². The number of esters is 4. The van der Waals surface area contributed by atoms with E-state index in [4.69, 9.17) is 28.4 Å². The average Bonchev–Trinajstić information content (AvgIpc) is 3.20. The van der Waals surface area contributed by atoms with Crippen LogP contribution in [0.25, 0.3) is 0 Å². The van der Waals surface area contributed by atoms with E-state index < -0.39 is 46.0 Å². The normalized spacial score (nSPS) is 17.4. The molecule has 0 radical (unpaired) electrons. The third kappa shape index (κ3) is 13.5. The molecule has 0 saturated carbocycles. The summed E-state index contributed by atoms with van der Waals surface area (Å²) < 4.78 is 30.1. The van der Waals surface area contributed by atoms with Crippen LogP contribution in [0.3, 0.4) is 0 Å². The maximum Gasteiger partial charge on any atom is 0.347 e. The third-order valence-corrected chi connectivity index (χ3v) is 5.95. The van der Waals surface area contributed by atoms with Crippen LogP contribution in [-0.2, 0) is 47.6 Å². The number of carbonyl (C=O) groups excluding carboxylic acids is 4. The van der Waals surface area contributed by atoms with Gasteiger partial charge in [-0.1, -0.05) is 13.8 Å². The highest BCUT2D eigenvalue weighted by molar-refractivity contribution is 5.82. The van der Waals surface area contributed by atoms with E-state index in [1.165, 1.54) is 7.11 Å². The summed E-state index contributed by atoms with van der Waals surface area (Å²) in [5, 5.41) is 10.6. The molecule has 1 aliphatic rings. The Morgan fingerprint density at radius 1 is 0.947 bits per heavy atom. The molecular formula is C27H48O11. The van der Waals surface area contributed by atoms with Gasteiger partial charge in [0, 0.05) is 13.5 Å². The zero-order chi connectivity index (χ0) is 29.8. The molecule has 1 fully saturated rings. The van der Waals surface area contributed by atoms with E-state index in [2.05, 4.69) is 0 Å². The van der Waals surface area contributed by atoms with Gasteiger partial charge in [0.05, 0.1) is 30.5 Å². The summed E-state index contributed by atoms with van der Waals surface area (Å²) in [7, 11) is 1.44. The van der Waals surface area contributed by atoms with Crippen LogP contribution >= 0.6 is 0 Å². The van der Waals surface area contributed by atoms with Gasteiger partial charge >= 0.3 is 23.9 Å². The fraction of sp³-hybridized carbons (Fsp3) is 0.852. The summed E-state index contributed by atoms with van der Waals surface area (Å²) in [6.45, 7) is 15.8. The number of ether oxygens (including phenoxy) is 6. The number of methoxy groups -OCH3 is 1. The summed E-state index contributed by atoms with van der Waals surface area (Å²) in [4.78, 5) is 46.7. The molecule has 11 heteroatoms. The lowest BCUT2D eigenvalue weighted by molar-refractivity contribution is -0.180. The Morgan fingerprint density at radius 2 is 1.50 bits per heavy atom. The lowest BCUT2D eigenvalue weighted by atomic mass is 9.90. The van der Waals surface area contributed by atoms with Crippen molar-refractivity contribution in [2.24, 2.45) is 10.8 Å². The number of hydrogen-bond acceptors (Lipinski definition) is 11. The number of rotatable bonds is 13. The molecule has 2 unspecified atom stereocenters. The largest absolute Gasteiger partial charge is 0.463 e. The highest BCUT2D eigenvalue weighted by atomic mass is 16.7. The summed E-state index contributed by atoms with van der Waals surface area (Å²) in [5.74, 6) is -1.80. The third-order valence-electron chi connectivity index (χ3n) is 5.95. The minimum Gasteiger partial charge on any atom is -0.463 e. The fourth-order valence-corrected chi connectivity index (χ4v) is 2.66. The van der Waals surface area contributed by atoms with Crippen LogP contribution in [0.2, 0.25) is 0 Å². The molecule has 38 heavy (non-hydrogen) atoms. The van der Waals surface area contributed by atoms with Crippen LogP contribution in [0.15, 0.2) is 0 Å². The molecule has 1 rings (SSSR count). The van der Waals surface area contributed by atoms with E-state index in [9.17, 15) is 24.3 Å². The zero-order valence-electron chi connectivity index (χ0n) is 24.8. The van der Waals surface area contributed by atoms with Crippen LogP contribution in [0.5, 0.6) is 0 Å². The molecule has 1 N–H and O–H groups in total. The van der Waals surface area contributed by atoms with Crippen molar-refractivity contribution in [1.29, 1.82) is 0 Å². The SMILES string of the molecule is CCC(C)(C)C(=O)OC1CCOC1=O.CCC(C)(C)C(=O)OCC(O)(COCOC)CC(=O)OC(C)(C)C. The van der Waals surface area contributed by atoms with Crippen LogP contribution in [0.4, 0.5) is 0 Å². The standard InChI is InChI=1S/C17H32O7.C10H16O4/c1-8-16(5,6)14(19)23-11-17(20,10-22-12-21-7)9-13(18)24-15(2,3)4;1-4-10(2,3)9(12)14-7-5-6-13-8(7)11/h20H,8-12H2,1-7H3;7H,4-6H2,1-3H3. The van der Waals surface area contributed by atoms with Crippen LogP contribution < -0.4 is 0 Å². The molecule has 0 aromatic heterocycles. The summed E-state index contributed by atoms with van der Waals surface area (Å²) in [6.07, 6.45) is 0.718. The first-order chi connectivity index (χ1) is 17.3. The minimum absolute atomic E-state index is 0.0506. The van der Waals surface area contributed by atoms with Crippen molar-refractivity contribution in [2.75, 3.05) is 33.7 Å². The van der Waals surface area contributed by atoms with Crippen LogP contribution in [-0.4, -0.2) is 80.0 Å². The molecule has 0 aliphatic carbocycles. The molecule has 0 spiro atoms. The molecular weight excluding hydrogens is 500 g/mol. The van der Waals surface area contributed by atoms with Crippen molar-refractivity contribution in [3.8, 4) is 0 Å². The van der Waals surface area contributed by atoms with Crippen molar-refractivity contribution in [1.82, 2.24) is 0 Å². The lowest BCUT2D eigenvalue weighted by Crippen LogP contribution is -2.45. The van der Waals surface area contributed by atoms with Gasteiger partial charge in [-0.2, -0.15) is 0 Å². The van der Waals surface area contributed by atoms with Gasteiger partial charge in [-0.05, 0) is 61.3 Å². The van der Waals surface area contributed by atoms with Gasteiger partial charge in [0.1, 0.15) is 24.6 Å². The summed E-state index contributed by atoms with van der Waals surface area (Å²) in [6, 6.07) is 0. The van der Waals surface area contributed by atoms with E-state index >= 15 is 0 Å². The van der Waals surface area contributed by atoms with E-state index in [0.717, 1.165) is 0 Å². The van der Waals surface area contributed by atoms with Gasteiger partial charge < -0.3 is 33.5 Å². The number of cyclic esters (lactones) is 1. The van der Waals surface area contributed by atoms with Crippen molar-refractivity contribution in [3.63, 3.8) is 0 Å². The molecule has 1 saturated heterocycles. The summed E-state index contributed by atoms with van der Waals surface area (Å²) in [5.41, 5.74) is -3.55. The molecule has 222 valence electrons. The molecule has 2 atom stereocenters. The second-order valence-corrected chi connectivity index (χ2v) is 11.6. The first-order valence-corrected chi connectivity index (χ1v) is 12.9. The first kappa shape index (κ1) is 35.8. The molecule has 0 bridgehead atoms. The molecule has 0 amide bonds. The number of aliphatic hydroxyl groups is 1. The van der Waals surface area contributed by atoms with Crippen molar-refractivity contribution in [2.45, 2.75) is 105 Å². The Balaban J connectivity index is 0.000000824. The Morgan fingerprint density at radius 3 is 1.95 bits per heavy atom. The molecule has 0 aromatic rings. The predicted molar refractivity (Wildman–Crippen MR) is 138 cm³/mol. The van der Waals surface area contributed by atoms with E-state index in [-0.39, 0.29) is 32.4 Å². The van der Waals surface area contributed by atoms with E-state index in [1.54, 1.807) is 48.5 Å². The molecule has 1 heterocycles. The topological polar surface area (TPSA) is 144 Å². The molecule has 0 aromatic carbocycles. The quantitative estimate of drug-likeness (QED) is 0.157. The van der Waals surface area contributed by atoms with E-state index in [1.807, 2.05) is 13.8 Å². The Bertz CT molecular complexity index is 782. The molecule has 11 nitrogen and oxygen atoms in total. The second kappa shape index (κ2) is 15.4. The Hall–Kier alpha value is -2.24. The average molecular weight is 549 g/mol. The van der Waals surface area contributed by atoms with Crippen LogP contribution in [0, 0.1) is 10.8 Å². The van der Waals surface area contributed by atoms with Crippen molar-refractivity contribution < 1.29 is 52.7 Å².